The summed E-state index contributed by atoms with van der Waals surface area (Å²) in [7, 11) is -3.85. The van der Waals surface area contributed by atoms with Crippen LogP contribution >= 0.6 is 0 Å². The van der Waals surface area contributed by atoms with E-state index in [0.717, 1.165) is 37.1 Å². The summed E-state index contributed by atoms with van der Waals surface area (Å²) in [5.41, 5.74) is 0.432. The third-order valence-corrected chi connectivity index (χ3v) is 5.93. The molecule has 0 spiro atoms. The first kappa shape index (κ1) is 20.4. The van der Waals surface area contributed by atoms with Gasteiger partial charge in [0.25, 0.3) is 0 Å². The third kappa shape index (κ3) is 4.99. The lowest BCUT2D eigenvalue weighted by atomic mass is 10.1. The van der Waals surface area contributed by atoms with Gasteiger partial charge < -0.3 is 4.52 Å². The predicted octanol–water partition coefficient (Wildman–Crippen LogP) is 4.50. The summed E-state index contributed by atoms with van der Waals surface area (Å²) < 4.78 is 70.9. The Morgan fingerprint density at radius 2 is 1.77 bits per heavy atom. The lowest BCUT2D eigenvalue weighted by molar-refractivity contribution is -0.137. The van der Waals surface area contributed by atoms with Crippen molar-refractivity contribution in [3.63, 3.8) is 0 Å². The van der Waals surface area contributed by atoms with E-state index in [4.69, 9.17) is 4.52 Å². The molecule has 1 N–H and O–H groups in total. The minimum absolute atomic E-state index is 0.249. The van der Waals surface area contributed by atoms with Crippen LogP contribution in [0.2, 0.25) is 0 Å². The average molecular weight is 437 g/mol. The number of para-hydroxylation sites is 1. The fraction of sp³-hybridized carbons (Fsp3) is 0.300. The summed E-state index contributed by atoms with van der Waals surface area (Å²) in [5.74, 6) is 0.961. The van der Waals surface area contributed by atoms with Crippen LogP contribution in [0.5, 0.6) is 0 Å². The van der Waals surface area contributed by atoms with Gasteiger partial charge in [-0.25, -0.2) is 8.42 Å². The molecule has 1 aromatic heterocycles. The first-order valence-electron chi connectivity index (χ1n) is 9.27. The van der Waals surface area contributed by atoms with Crippen LogP contribution in [0, 0.1) is 0 Å². The van der Waals surface area contributed by atoms with Crippen molar-refractivity contribution < 1.29 is 26.1 Å². The number of sulfonamides is 1. The Bertz CT molecular complexity index is 1140. The lowest BCUT2D eigenvalue weighted by Crippen LogP contribution is -2.16. The summed E-state index contributed by atoms with van der Waals surface area (Å²) in [6, 6.07) is 10.9. The fourth-order valence-corrected chi connectivity index (χ4v) is 4.23. The molecule has 1 fully saturated rings. The highest BCUT2D eigenvalue weighted by atomic mass is 32.2. The van der Waals surface area contributed by atoms with E-state index in [2.05, 4.69) is 14.9 Å². The molecule has 4 rings (SSSR count). The molecule has 0 amide bonds. The molecule has 0 radical (unpaired) electrons. The van der Waals surface area contributed by atoms with Gasteiger partial charge in [-0.15, -0.1) is 0 Å². The summed E-state index contributed by atoms with van der Waals surface area (Å²) >= 11 is 0. The van der Waals surface area contributed by atoms with E-state index in [1.54, 1.807) is 24.3 Å². The van der Waals surface area contributed by atoms with Crippen molar-refractivity contribution in [2.75, 3.05) is 4.72 Å². The highest BCUT2D eigenvalue weighted by Gasteiger charge is 2.30. The zero-order valence-electron chi connectivity index (χ0n) is 15.7. The quantitative estimate of drug-likeness (QED) is 0.588. The van der Waals surface area contributed by atoms with Crippen molar-refractivity contribution >= 4 is 15.7 Å². The fourth-order valence-electron chi connectivity index (χ4n) is 3.00. The normalized spacial score (nSPS) is 14.6. The highest BCUT2D eigenvalue weighted by Crippen LogP contribution is 2.38. The molecule has 0 atom stereocenters. The second-order valence-electron chi connectivity index (χ2n) is 7.21. The summed E-state index contributed by atoms with van der Waals surface area (Å²) in [5, 5.41) is 3.95. The second kappa shape index (κ2) is 7.75. The van der Waals surface area contributed by atoms with E-state index in [1.807, 2.05) is 0 Å². The van der Waals surface area contributed by atoms with Gasteiger partial charge in [0.05, 0.1) is 23.4 Å². The maximum absolute atomic E-state index is 12.7. The Morgan fingerprint density at radius 1 is 1.07 bits per heavy atom. The van der Waals surface area contributed by atoms with Gasteiger partial charge in [-0.05, 0) is 42.2 Å². The zero-order chi connectivity index (χ0) is 21.4. The van der Waals surface area contributed by atoms with Crippen molar-refractivity contribution in [1.82, 2.24) is 10.1 Å². The van der Waals surface area contributed by atoms with Gasteiger partial charge >= 0.3 is 6.18 Å². The number of nitrogens with zero attached hydrogens (tertiary/aromatic N) is 2. The van der Waals surface area contributed by atoms with Crippen molar-refractivity contribution in [2.45, 2.75) is 37.1 Å². The van der Waals surface area contributed by atoms with Crippen LogP contribution in [0.1, 0.15) is 47.2 Å². The molecule has 3 aromatic rings. The molecule has 0 aliphatic heterocycles. The molecule has 1 aliphatic rings. The molecule has 158 valence electrons. The molecule has 10 heteroatoms. The Balaban J connectivity index is 1.47. The van der Waals surface area contributed by atoms with E-state index >= 15 is 0 Å². The maximum Gasteiger partial charge on any atom is 0.416 e. The van der Waals surface area contributed by atoms with Crippen molar-refractivity contribution in [1.29, 1.82) is 0 Å². The van der Waals surface area contributed by atoms with Crippen LogP contribution in [0.3, 0.4) is 0 Å². The molecule has 0 saturated heterocycles. The Hall–Kier alpha value is -2.88. The number of halogens is 3. The Labute approximate surface area is 171 Å². The lowest BCUT2D eigenvalue weighted by Gasteiger charge is -2.12. The monoisotopic (exact) mass is 437 g/mol. The van der Waals surface area contributed by atoms with Crippen LogP contribution in [-0.4, -0.2) is 18.6 Å². The number of nitrogens with one attached hydrogen (secondary N) is 1. The standard InChI is InChI=1S/C20H18F3N3O3S/c21-20(22,23)16-9-5-13(6-10-16)12-30(27,28)26-17-4-2-1-3-15(17)11-18-24-19(25-29-18)14-7-8-14/h1-6,9-10,14,26H,7-8,11-12H2. The van der Waals surface area contributed by atoms with Crippen molar-refractivity contribution in [3.05, 3.63) is 76.9 Å². The molecule has 1 saturated carbocycles. The van der Waals surface area contributed by atoms with Gasteiger partial charge in [0, 0.05) is 5.92 Å². The molecule has 1 aliphatic carbocycles. The van der Waals surface area contributed by atoms with Crippen LogP contribution in [0.25, 0.3) is 0 Å². The molecule has 0 unspecified atom stereocenters. The van der Waals surface area contributed by atoms with E-state index in [1.165, 1.54) is 0 Å². The molecular formula is C20H18F3N3O3S. The largest absolute Gasteiger partial charge is 0.416 e. The number of alkyl halides is 3. The van der Waals surface area contributed by atoms with Gasteiger partial charge in [-0.2, -0.15) is 18.2 Å². The topological polar surface area (TPSA) is 85.1 Å². The second-order valence-corrected chi connectivity index (χ2v) is 8.93. The van der Waals surface area contributed by atoms with E-state index in [0.29, 0.717) is 28.9 Å². The van der Waals surface area contributed by atoms with Crippen LogP contribution in [0.4, 0.5) is 18.9 Å². The maximum atomic E-state index is 12.7. The van der Waals surface area contributed by atoms with E-state index in [-0.39, 0.29) is 12.0 Å². The molecule has 0 bridgehead atoms. The number of hydrogen-bond acceptors (Lipinski definition) is 5. The third-order valence-electron chi connectivity index (χ3n) is 4.69. The molecule has 1 heterocycles. The molecular weight excluding hydrogens is 419 g/mol. The number of hydrogen-bond donors (Lipinski definition) is 1. The first-order valence-corrected chi connectivity index (χ1v) is 10.9. The van der Waals surface area contributed by atoms with Crippen LogP contribution in [0.15, 0.2) is 53.1 Å². The van der Waals surface area contributed by atoms with Gasteiger partial charge in [0.15, 0.2) is 5.82 Å². The van der Waals surface area contributed by atoms with Crippen molar-refractivity contribution in [3.8, 4) is 0 Å². The van der Waals surface area contributed by atoms with E-state index < -0.39 is 27.5 Å². The Kier molecular flexibility index (Phi) is 5.27. The molecule has 2 aromatic carbocycles. The minimum atomic E-state index is -4.47. The number of aromatic nitrogens is 2. The average Bonchev–Trinajstić information content (AvgIpc) is 3.42. The van der Waals surface area contributed by atoms with E-state index in [9.17, 15) is 21.6 Å². The number of benzene rings is 2. The highest BCUT2D eigenvalue weighted by molar-refractivity contribution is 7.91. The number of anilines is 1. The van der Waals surface area contributed by atoms with Gasteiger partial charge in [0.2, 0.25) is 15.9 Å². The van der Waals surface area contributed by atoms with Crippen LogP contribution in [-0.2, 0) is 28.4 Å². The summed E-state index contributed by atoms with van der Waals surface area (Å²) in [6.07, 6.45) is -2.12. The first-order chi connectivity index (χ1) is 14.2. The van der Waals surface area contributed by atoms with Gasteiger partial charge in [-0.3, -0.25) is 4.72 Å². The van der Waals surface area contributed by atoms with Gasteiger partial charge in [-0.1, -0.05) is 35.5 Å². The predicted molar refractivity (Wildman–Crippen MR) is 103 cm³/mol. The summed E-state index contributed by atoms with van der Waals surface area (Å²) in [6.45, 7) is 0. The minimum Gasteiger partial charge on any atom is -0.339 e. The number of rotatable bonds is 7. The molecule has 30 heavy (non-hydrogen) atoms. The zero-order valence-corrected chi connectivity index (χ0v) is 16.5. The SMILES string of the molecule is O=S(=O)(Cc1ccc(C(F)(F)F)cc1)Nc1ccccc1Cc1nc(C2CC2)no1. The summed E-state index contributed by atoms with van der Waals surface area (Å²) in [4.78, 5) is 4.35. The Morgan fingerprint density at radius 3 is 2.43 bits per heavy atom. The smallest absolute Gasteiger partial charge is 0.339 e. The van der Waals surface area contributed by atoms with Crippen LogP contribution < -0.4 is 4.72 Å². The van der Waals surface area contributed by atoms with Gasteiger partial charge in [0.1, 0.15) is 0 Å². The molecule has 6 nitrogen and oxygen atoms in total. The van der Waals surface area contributed by atoms with Crippen molar-refractivity contribution in [2.24, 2.45) is 0 Å².